The highest BCUT2D eigenvalue weighted by molar-refractivity contribution is 8.18. The molecule has 1 aliphatic rings. The molecule has 0 saturated carbocycles. The number of aromatic nitrogens is 1. The SMILES string of the molecule is CCN1C(=O)S/C(=C/c2cc(C)n(-c3ccc(Cl)cc3Cl)c2C)C1=O. The molecule has 1 aliphatic heterocycles. The van der Waals surface area contributed by atoms with Gasteiger partial charge < -0.3 is 4.57 Å². The number of aryl methyl sites for hydroxylation is 1. The van der Waals surface area contributed by atoms with E-state index in [2.05, 4.69) is 0 Å². The number of amides is 2. The second kappa shape index (κ2) is 6.90. The minimum atomic E-state index is -0.244. The van der Waals surface area contributed by atoms with Gasteiger partial charge in [0.05, 0.1) is 15.6 Å². The van der Waals surface area contributed by atoms with Gasteiger partial charge in [0.15, 0.2) is 0 Å². The highest BCUT2D eigenvalue weighted by Crippen LogP contribution is 2.34. The molecule has 130 valence electrons. The van der Waals surface area contributed by atoms with Gasteiger partial charge in [0.2, 0.25) is 0 Å². The van der Waals surface area contributed by atoms with Gasteiger partial charge in [-0.3, -0.25) is 14.5 Å². The molecule has 0 bridgehead atoms. The molecule has 0 aliphatic carbocycles. The van der Waals surface area contributed by atoms with Crippen molar-refractivity contribution in [2.75, 3.05) is 6.54 Å². The fourth-order valence-corrected chi connectivity index (χ4v) is 4.27. The van der Waals surface area contributed by atoms with Crippen molar-refractivity contribution in [1.29, 1.82) is 0 Å². The molecule has 1 aromatic carbocycles. The summed E-state index contributed by atoms with van der Waals surface area (Å²) in [6, 6.07) is 7.32. The van der Waals surface area contributed by atoms with E-state index in [1.807, 2.05) is 30.5 Å². The molecule has 25 heavy (non-hydrogen) atoms. The lowest BCUT2D eigenvalue weighted by Gasteiger charge is -2.12. The van der Waals surface area contributed by atoms with Crippen LogP contribution in [-0.2, 0) is 4.79 Å². The molecule has 2 aromatic rings. The molecule has 7 heteroatoms. The Kier molecular flexibility index (Phi) is 5.00. The van der Waals surface area contributed by atoms with Gasteiger partial charge >= 0.3 is 0 Å². The minimum absolute atomic E-state index is 0.228. The van der Waals surface area contributed by atoms with Gasteiger partial charge in [0, 0.05) is 23.0 Å². The van der Waals surface area contributed by atoms with Crippen LogP contribution in [0.4, 0.5) is 4.79 Å². The Morgan fingerprint density at radius 3 is 2.48 bits per heavy atom. The predicted molar refractivity (Wildman–Crippen MR) is 104 cm³/mol. The van der Waals surface area contributed by atoms with E-state index in [9.17, 15) is 9.59 Å². The maximum Gasteiger partial charge on any atom is 0.293 e. The molecule has 1 aromatic heterocycles. The van der Waals surface area contributed by atoms with Crippen molar-refractivity contribution < 1.29 is 9.59 Å². The van der Waals surface area contributed by atoms with E-state index in [-0.39, 0.29) is 11.1 Å². The number of carbonyl (C=O) groups excluding carboxylic acids is 2. The van der Waals surface area contributed by atoms with Gasteiger partial charge in [0.1, 0.15) is 0 Å². The van der Waals surface area contributed by atoms with Crippen LogP contribution in [0.3, 0.4) is 0 Å². The number of thioether (sulfide) groups is 1. The summed E-state index contributed by atoms with van der Waals surface area (Å²) in [5, 5.41) is 0.894. The third kappa shape index (κ3) is 3.24. The predicted octanol–water partition coefficient (Wildman–Crippen LogP) is 5.46. The molecule has 0 radical (unpaired) electrons. The van der Waals surface area contributed by atoms with Gasteiger partial charge in [0.25, 0.3) is 11.1 Å². The summed E-state index contributed by atoms with van der Waals surface area (Å²) in [6.45, 7) is 6.08. The number of hydrogen-bond donors (Lipinski definition) is 0. The van der Waals surface area contributed by atoms with Crippen LogP contribution in [-0.4, -0.2) is 27.2 Å². The zero-order chi connectivity index (χ0) is 18.3. The van der Waals surface area contributed by atoms with Crippen LogP contribution in [0.2, 0.25) is 10.0 Å². The van der Waals surface area contributed by atoms with Crippen LogP contribution in [0.25, 0.3) is 11.8 Å². The van der Waals surface area contributed by atoms with Crippen LogP contribution in [0.1, 0.15) is 23.9 Å². The summed E-state index contributed by atoms with van der Waals surface area (Å²) in [6.07, 6.45) is 1.77. The normalized spacial score (nSPS) is 16.4. The van der Waals surface area contributed by atoms with Crippen molar-refractivity contribution in [2.45, 2.75) is 20.8 Å². The minimum Gasteiger partial charge on any atom is -0.316 e. The molecular formula is C18H16Cl2N2O2S. The standard InChI is InChI=1S/C18H16Cl2N2O2S/c1-4-21-17(23)16(25-18(21)24)8-12-7-10(2)22(11(12)3)15-6-5-13(19)9-14(15)20/h5-9H,4H2,1-3H3/b16-8+. The fraction of sp³-hybridized carbons (Fsp3) is 0.222. The number of likely N-dealkylation sites (N-methyl/N-ethyl adjacent to an activating group) is 1. The Balaban J connectivity index is 2.05. The van der Waals surface area contributed by atoms with E-state index in [4.69, 9.17) is 23.2 Å². The third-order valence-corrected chi connectivity index (χ3v) is 5.54. The Labute approximate surface area is 160 Å². The van der Waals surface area contributed by atoms with Crippen molar-refractivity contribution in [1.82, 2.24) is 9.47 Å². The maximum absolute atomic E-state index is 12.3. The van der Waals surface area contributed by atoms with Gasteiger partial charge in [-0.25, -0.2) is 0 Å². The topological polar surface area (TPSA) is 42.3 Å². The number of imide groups is 1. The summed E-state index contributed by atoms with van der Waals surface area (Å²) in [5.41, 5.74) is 3.61. The number of carbonyl (C=O) groups is 2. The van der Waals surface area contributed by atoms with E-state index in [0.29, 0.717) is 21.5 Å². The Morgan fingerprint density at radius 1 is 1.16 bits per heavy atom. The molecule has 0 N–H and O–H groups in total. The van der Waals surface area contributed by atoms with Gasteiger partial charge in [-0.05, 0) is 68.4 Å². The van der Waals surface area contributed by atoms with Crippen LogP contribution >= 0.6 is 35.0 Å². The van der Waals surface area contributed by atoms with E-state index >= 15 is 0 Å². The molecular weight excluding hydrogens is 379 g/mol. The first-order chi connectivity index (χ1) is 11.8. The van der Waals surface area contributed by atoms with Crippen LogP contribution in [0, 0.1) is 13.8 Å². The number of benzene rings is 1. The van der Waals surface area contributed by atoms with E-state index in [1.54, 1.807) is 25.1 Å². The molecule has 0 atom stereocenters. The van der Waals surface area contributed by atoms with Crippen LogP contribution in [0.5, 0.6) is 0 Å². The van der Waals surface area contributed by atoms with Crippen molar-refractivity contribution in [3.63, 3.8) is 0 Å². The number of rotatable bonds is 3. The van der Waals surface area contributed by atoms with Gasteiger partial charge in [-0.1, -0.05) is 23.2 Å². The highest BCUT2D eigenvalue weighted by atomic mass is 35.5. The lowest BCUT2D eigenvalue weighted by molar-refractivity contribution is -0.122. The number of nitrogens with zero attached hydrogens (tertiary/aromatic N) is 2. The third-order valence-electron chi connectivity index (χ3n) is 4.10. The Bertz CT molecular complexity index is 918. The molecule has 2 heterocycles. The molecule has 4 nitrogen and oxygen atoms in total. The summed E-state index contributed by atoms with van der Waals surface area (Å²) in [7, 11) is 0. The zero-order valence-corrected chi connectivity index (χ0v) is 16.3. The Morgan fingerprint density at radius 2 is 1.88 bits per heavy atom. The quantitative estimate of drug-likeness (QED) is 0.649. The van der Waals surface area contributed by atoms with Crippen LogP contribution in [0.15, 0.2) is 29.2 Å². The number of hydrogen-bond acceptors (Lipinski definition) is 3. The lowest BCUT2D eigenvalue weighted by Crippen LogP contribution is -2.27. The Hall–Kier alpha value is -1.69. The van der Waals surface area contributed by atoms with Crippen molar-refractivity contribution >= 4 is 52.2 Å². The number of halogens is 2. The van der Waals surface area contributed by atoms with Crippen molar-refractivity contribution in [3.8, 4) is 5.69 Å². The van der Waals surface area contributed by atoms with Crippen LogP contribution < -0.4 is 0 Å². The maximum atomic E-state index is 12.3. The second-order valence-corrected chi connectivity index (χ2v) is 7.52. The lowest BCUT2D eigenvalue weighted by atomic mass is 10.2. The smallest absolute Gasteiger partial charge is 0.293 e. The van der Waals surface area contributed by atoms with E-state index < -0.39 is 0 Å². The first kappa shape index (κ1) is 18.1. The molecule has 0 spiro atoms. The summed E-state index contributed by atoms with van der Waals surface area (Å²) >= 11 is 13.3. The molecule has 1 fully saturated rings. The molecule has 3 rings (SSSR count). The summed E-state index contributed by atoms with van der Waals surface area (Å²) in [5.74, 6) is -0.244. The largest absolute Gasteiger partial charge is 0.316 e. The van der Waals surface area contributed by atoms with Gasteiger partial charge in [-0.15, -0.1) is 0 Å². The molecule has 2 amide bonds. The first-order valence-electron chi connectivity index (χ1n) is 7.73. The zero-order valence-electron chi connectivity index (χ0n) is 14.0. The average molecular weight is 395 g/mol. The second-order valence-electron chi connectivity index (χ2n) is 5.68. The van der Waals surface area contributed by atoms with Crippen molar-refractivity contribution in [3.05, 3.63) is 56.2 Å². The fourth-order valence-electron chi connectivity index (χ4n) is 2.88. The van der Waals surface area contributed by atoms with Crippen molar-refractivity contribution in [2.24, 2.45) is 0 Å². The van der Waals surface area contributed by atoms with E-state index in [0.717, 1.165) is 34.4 Å². The highest BCUT2D eigenvalue weighted by Gasteiger charge is 2.33. The summed E-state index contributed by atoms with van der Waals surface area (Å²) in [4.78, 5) is 25.8. The molecule has 0 unspecified atom stereocenters. The molecule has 1 saturated heterocycles. The summed E-state index contributed by atoms with van der Waals surface area (Å²) < 4.78 is 2.01. The first-order valence-corrected chi connectivity index (χ1v) is 9.30. The average Bonchev–Trinajstić information content (AvgIpc) is 2.97. The van der Waals surface area contributed by atoms with Gasteiger partial charge in [-0.2, -0.15) is 0 Å². The van der Waals surface area contributed by atoms with E-state index in [1.165, 1.54) is 4.90 Å². The monoisotopic (exact) mass is 394 g/mol.